The van der Waals surface area contributed by atoms with Gasteiger partial charge in [0, 0.05) is 18.6 Å². The van der Waals surface area contributed by atoms with Gasteiger partial charge in [0.25, 0.3) is 0 Å². The second-order valence-corrected chi connectivity index (χ2v) is 2.69. The van der Waals surface area contributed by atoms with Crippen molar-refractivity contribution >= 4 is 11.9 Å². The zero-order chi connectivity index (χ0) is 11.5. The van der Waals surface area contributed by atoms with Crippen LogP contribution in [0.5, 0.6) is 0 Å². The van der Waals surface area contributed by atoms with Crippen LogP contribution >= 0.6 is 0 Å². The highest BCUT2D eigenvalue weighted by Gasteiger charge is 1.98. The van der Waals surface area contributed by atoms with Gasteiger partial charge >= 0.3 is 11.9 Å². The third-order valence-corrected chi connectivity index (χ3v) is 1.38. The summed E-state index contributed by atoms with van der Waals surface area (Å²) in [4.78, 5) is 21.6. The zero-order valence-corrected chi connectivity index (χ0v) is 9.06. The smallest absolute Gasteiger partial charge is 0.330 e. The third kappa shape index (κ3) is 8.74. The van der Waals surface area contributed by atoms with E-state index in [0.717, 1.165) is 0 Å². The predicted molar refractivity (Wildman–Crippen MR) is 56.2 cm³/mol. The van der Waals surface area contributed by atoms with Gasteiger partial charge in [0.15, 0.2) is 0 Å². The third-order valence-electron chi connectivity index (χ3n) is 1.38. The van der Waals surface area contributed by atoms with Crippen molar-refractivity contribution in [2.75, 3.05) is 13.2 Å². The topological polar surface area (TPSA) is 52.6 Å². The Morgan fingerprint density at radius 1 is 0.933 bits per heavy atom. The molecule has 0 rings (SSSR count). The highest BCUT2D eigenvalue weighted by atomic mass is 16.5. The summed E-state index contributed by atoms with van der Waals surface area (Å²) in [6.45, 7) is 3.98. The molecule has 0 aliphatic carbocycles. The Hall–Kier alpha value is -1.58. The molecule has 0 bridgehead atoms. The van der Waals surface area contributed by atoms with Crippen LogP contribution in [-0.2, 0) is 19.1 Å². The Kier molecular flexibility index (Phi) is 8.05. The fourth-order valence-corrected chi connectivity index (χ4v) is 0.773. The molecule has 0 radical (unpaired) electrons. The van der Waals surface area contributed by atoms with Gasteiger partial charge in [-0.05, 0) is 13.8 Å². The predicted octanol–water partition coefficient (Wildman–Crippen LogP) is 1.62. The summed E-state index contributed by atoms with van der Waals surface area (Å²) in [5.74, 6) is -0.755. The lowest BCUT2D eigenvalue weighted by molar-refractivity contribution is -0.140. The first kappa shape index (κ1) is 13.4. The van der Waals surface area contributed by atoms with Crippen molar-refractivity contribution in [1.82, 2.24) is 0 Å². The van der Waals surface area contributed by atoms with Crippen LogP contribution in [0.15, 0.2) is 24.3 Å². The molecule has 0 spiro atoms. The van der Waals surface area contributed by atoms with Crippen LogP contribution in [0.2, 0.25) is 0 Å². The van der Waals surface area contributed by atoms with Gasteiger partial charge in [0.2, 0.25) is 0 Å². The average molecular weight is 212 g/mol. The summed E-state index contributed by atoms with van der Waals surface area (Å²) in [7, 11) is 0. The lowest BCUT2D eigenvalue weighted by atomic mass is 10.4. The van der Waals surface area contributed by atoms with E-state index in [-0.39, 0.29) is 25.2 Å². The largest absolute Gasteiger partial charge is 0.462 e. The molecule has 4 nitrogen and oxygen atoms in total. The molecule has 84 valence electrons. The van der Waals surface area contributed by atoms with Gasteiger partial charge in [0.05, 0.1) is 13.2 Å². The molecule has 0 saturated carbocycles. The van der Waals surface area contributed by atoms with Crippen LogP contribution in [0.1, 0.15) is 20.3 Å². The van der Waals surface area contributed by atoms with Crippen LogP contribution in [0.4, 0.5) is 0 Å². The summed E-state index contributed by atoms with van der Waals surface area (Å²) in [5, 5.41) is 0. The van der Waals surface area contributed by atoms with Gasteiger partial charge in [-0.25, -0.2) is 9.59 Å². The maximum absolute atomic E-state index is 10.8. The van der Waals surface area contributed by atoms with Crippen LogP contribution in [0.25, 0.3) is 0 Å². The van der Waals surface area contributed by atoms with Gasteiger partial charge in [-0.15, -0.1) is 0 Å². The van der Waals surface area contributed by atoms with E-state index in [1.54, 1.807) is 26.0 Å². The first-order chi connectivity index (χ1) is 7.20. The highest BCUT2D eigenvalue weighted by Crippen LogP contribution is 1.89. The normalized spacial score (nSPS) is 10.8. The lowest BCUT2D eigenvalue weighted by Gasteiger charge is -2.02. The average Bonchev–Trinajstić information content (AvgIpc) is 2.18. The van der Waals surface area contributed by atoms with E-state index >= 15 is 0 Å². The Labute approximate surface area is 89.6 Å². The Morgan fingerprint density at radius 3 is 1.67 bits per heavy atom. The number of ether oxygens (including phenoxy) is 2. The molecule has 0 aliphatic rings. The Morgan fingerprint density at radius 2 is 1.33 bits per heavy atom. The van der Waals surface area contributed by atoms with Crippen molar-refractivity contribution in [2.45, 2.75) is 20.3 Å². The van der Waals surface area contributed by atoms with E-state index in [9.17, 15) is 9.59 Å². The number of carbonyl (C=O) groups is 2. The molecule has 0 N–H and O–H groups in total. The molecule has 0 fully saturated rings. The Bertz CT molecular complexity index is 227. The van der Waals surface area contributed by atoms with Gasteiger partial charge in [-0.1, -0.05) is 12.2 Å². The maximum atomic E-state index is 10.8. The molecule has 0 aromatic heterocycles. The molecule has 15 heavy (non-hydrogen) atoms. The molecule has 0 aromatic carbocycles. The molecule has 0 saturated heterocycles. The molecule has 0 aromatic rings. The van der Waals surface area contributed by atoms with Gasteiger partial charge in [-0.2, -0.15) is 0 Å². The minimum Gasteiger partial charge on any atom is -0.462 e. The molecule has 0 amide bonds. The van der Waals surface area contributed by atoms with E-state index in [1.807, 2.05) is 0 Å². The van der Waals surface area contributed by atoms with E-state index < -0.39 is 0 Å². The van der Waals surface area contributed by atoms with Crippen LogP contribution in [0.3, 0.4) is 0 Å². The fourth-order valence-electron chi connectivity index (χ4n) is 0.773. The molecule has 0 atom stereocenters. The SMILES string of the molecule is C/C=C\C(=O)OCCCOC(=O)/C=C/C. The summed E-state index contributed by atoms with van der Waals surface area (Å²) in [5.41, 5.74) is 0. The van der Waals surface area contributed by atoms with Crippen LogP contribution in [-0.4, -0.2) is 25.2 Å². The standard InChI is InChI=1S/C11H16O4/c1-3-6-10(12)14-8-5-9-15-11(13)7-4-2/h3-4,6-7H,5,8-9H2,1-2H3/b6-3-,7-4+. The van der Waals surface area contributed by atoms with E-state index in [2.05, 4.69) is 0 Å². The number of carbonyl (C=O) groups excluding carboxylic acids is 2. The number of hydrogen-bond donors (Lipinski definition) is 0. The minimum atomic E-state index is -0.378. The van der Waals surface area contributed by atoms with E-state index in [1.165, 1.54) is 12.2 Å². The summed E-state index contributed by atoms with van der Waals surface area (Å²) in [6.07, 6.45) is 6.40. The van der Waals surface area contributed by atoms with Crippen molar-refractivity contribution in [1.29, 1.82) is 0 Å². The first-order valence-electron chi connectivity index (χ1n) is 4.79. The molecular formula is C11H16O4. The van der Waals surface area contributed by atoms with Crippen molar-refractivity contribution in [3.05, 3.63) is 24.3 Å². The highest BCUT2D eigenvalue weighted by molar-refractivity contribution is 5.82. The van der Waals surface area contributed by atoms with Gasteiger partial charge in [0.1, 0.15) is 0 Å². The monoisotopic (exact) mass is 212 g/mol. The van der Waals surface area contributed by atoms with Gasteiger partial charge < -0.3 is 9.47 Å². The second-order valence-electron chi connectivity index (χ2n) is 2.69. The second kappa shape index (κ2) is 8.99. The number of rotatable bonds is 6. The van der Waals surface area contributed by atoms with Crippen LogP contribution < -0.4 is 0 Å². The summed E-state index contributed by atoms with van der Waals surface area (Å²) < 4.78 is 9.58. The van der Waals surface area contributed by atoms with E-state index in [4.69, 9.17) is 9.47 Å². The van der Waals surface area contributed by atoms with Crippen molar-refractivity contribution in [3.63, 3.8) is 0 Å². The molecule has 0 heterocycles. The number of esters is 2. The maximum Gasteiger partial charge on any atom is 0.330 e. The quantitative estimate of drug-likeness (QED) is 0.381. The lowest BCUT2D eigenvalue weighted by Crippen LogP contribution is -2.07. The summed E-state index contributed by atoms with van der Waals surface area (Å²) >= 11 is 0. The molecule has 0 aliphatic heterocycles. The summed E-state index contributed by atoms with van der Waals surface area (Å²) in [6, 6.07) is 0. The number of hydrogen-bond acceptors (Lipinski definition) is 4. The first-order valence-corrected chi connectivity index (χ1v) is 4.79. The van der Waals surface area contributed by atoms with Gasteiger partial charge in [-0.3, -0.25) is 0 Å². The van der Waals surface area contributed by atoms with Crippen molar-refractivity contribution in [2.24, 2.45) is 0 Å². The Balaban J connectivity index is 3.40. The van der Waals surface area contributed by atoms with E-state index in [0.29, 0.717) is 6.42 Å². The van der Waals surface area contributed by atoms with Crippen molar-refractivity contribution in [3.8, 4) is 0 Å². The minimum absolute atomic E-state index is 0.256. The molecule has 0 unspecified atom stereocenters. The zero-order valence-electron chi connectivity index (χ0n) is 9.06. The van der Waals surface area contributed by atoms with Crippen LogP contribution in [0, 0.1) is 0 Å². The molecule has 4 heteroatoms. The molecular weight excluding hydrogens is 196 g/mol. The fraction of sp³-hybridized carbons (Fsp3) is 0.455. The van der Waals surface area contributed by atoms with Crippen molar-refractivity contribution < 1.29 is 19.1 Å². The number of allylic oxidation sites excluding steroid dienone is 2.